The predicted molar refractivity (Wildman–Crippen MR) is 58.4 cm³/mol. The molecule has 1 amide bonds. The van der Waals surface area contributed by atoms with Crippen molar-refractivity contribution in [3.05, 3.63) is 34.9 Å². The van der Waals surface area contributed by atoms with Gasteiger partial charge < -0.3 is 5.73 Å². The van der Waals surface area contributed by atoms with E-state index in [4.69, 9.17) is 5.73 Å². The maximum atomic E-state index is 11.5. The van der Waals surface area contributed by atoms with Gasteiger partial charge in [-0.3, -0.25) is 10.1 Å². The lowest BCUT2D eigenvalue weighted by atomic mass is 10.0. The molecule has 1 atom stereocenters. The Bertz CT molecular complexity index is 431. The minimum absolute atomic E-state index is 0.155. The lowest BCUT2D eigenvalue weighted by molar-refractivity contribution is -0.120. The highest BCUT2D eigenvalue weighted by atomic mass is 16.2. The van der Waals surface area contributed by atoms with Gasteiger partial charge in [0.05, 0.1) is 0 Å². The number of rotatable bonds is 1. The van der Waals surface area contributed by atoms with E-state index in [0.29, 0.717) is 0 Å². The van der Waals surface area contributed by atoms with E-state index >= 15 is 0 Å². The van der Waals surface area contributed by atoms with E-state index < -0.39 is 6.04 Å². The van der Waals surface area contributed by atoms with E-state index in [0.717, 1.165) is 16.7 Å². The van der Waals surface area contributed by atoms with Crippen molar-refractivity contribution in [2.75, 3.05) is 0 Å². The van der Waals surface area contributed by atoms with Crippen molar-refractivity contribution in [1.29, 1.82) is 0 Å². The molecule has 1 aromatic rings. The first-order valence-electron chi connectivity index (χ1n) is 4.78. The lowest BCUT2D eigenvalue weighted by Gasteiger charge is -2.07. The molecule has 4 heteroatoms. The molecule has 2 rings (SSSR count). The quantitative estimate of drug-likeness (QED) is 0.708. The van der Waals surface area contributed by atoms with Gasteiger partial charge in [-0.25, -0.2) is 4.99 Å². The van der Waals surface area contributed by atoms with Crippen molar-refractivity contribution < 1.29 is 4.79 Å². The molecule has 0 aromatic heterocycles. The van der Waals surface area contributed by atoms with Gasteiger partial charge in [0.25, 0.3) is 5.91 Å². The van der Waals surface area contributed by atoms with E-state index in [1.54, 1.807) is 0 Å². The summed E-state index contributed by atoms with van der Waals surface area (Å²) in [6, 6.07) is 5.49. The molecule has 3 N–H and O–H groups in total. The normalized spacial score (nSPS) is 20.0. The maximum absolute atomic E-state index is 11.5. The minimum atomic E-state index is -0.483. The Morgan fingerprint density at radius 1 is 1.27 bits per heavy atom. The molecule has 1 unspecified atom stereocenters. The van der Waals surface area contributed by atoms with Crippen LogP contribution in [-0.2, 0) is 4.79 Å². The summed E-state index contributed by atoms with van der Waals surface area (Å²) in [6.07, 6.45) is 0. The number of nitrogens with zero attached hydrogens (tertiary/aromatic N) is 1. The Morgan fingerprint density at radius 2 is 1.87 bits per heavy atom. The largest absolute Gasteiger partial charge is 0.370 e. The number of nitrogens with one attached hydrogen (secondary N) is 1. The zero-order valence-electron chi connectivity index (χ0n) is 8.74. The number of amides is 1. The summed E-state index contributed by atoms with van der Waals surface area (Å²) in [7, 11) is 0. The second-order valence-electron chi connectivity index (χ2n) is 3.83. The van der Waals surface area contributed by atoms with Gasteiger partial charge in [-0.1, -0.05) is 29.3 Å². The first-order chi connectivity index (χ1) is 7.06. The van der Waals surface area contributed by atoms with Crippen LogP contribution < -0.4 is 11.1 Å². The summed E-state index contributed by atoms with van der Waals surface area (Å²) in [4.78, 5) is 15.6. The van der Waals surface area contributed by atoms with E-state index in [9.17, 15) is 4.79 Å². The van der Waals surface area contributed by atoms with Gasteiger partial charge >= 0.3 is 0 Å². The second kappa shape index (κ2) is 3.38. The van der Waals surface area contributed by atoms with Crippen LogP contribution in [0, 0.1) is 13.8 Å². The second-order valence-corrected chi connectivity index (χ2v) is 3.83. The fourth-order valence-corrected chi connectivity index (χ4v) is 1.82. The first kappa shape index (κ1) is 9.71. The predicted octanol–water partition coefficient (Wildman–Crippen LogP) is 0.789. The third-order valence-corrected chi connectivity index (χ3v) is 2.33. The van der Waals surface area contributed by atoms with Crippen LogP contribution >= 0.6 is 0 Å². The van der Waals surface area contributed by atoms with Crippen molar-refractivity contribution in [1.82, 2.24) is 5.32 Å². The molecule has 4 nitrogen and oxygen atoms in total. The van der Waals surface area contributed by atoms with Crippen LogP contribution in [0.3, 0.4) is 0 Å². The van der Waals surface area contributed by atoms with Crippen molar-refractivity contribution in [2.24, 2.45) is 10.7 Å². The van der Waals surface area contributed by atoms with Gasteiger partial charge in [0.1, 0.15) is 0 Å². The third kappa shape index (κ3) is 1.83. The van der Waals surface area contributed by atoms with Gasteiger partial charge in [0, 0.05) is 0 Å². The highest BCUT2D eigenvalue weighted by Crippen LogP contribution is 2.22. The van der Waals surface area contributed by atoms with Crippen molar-refractivity contribution >= 4 is 11.9 Å². The number of nitrogens with two attached hydrogens (primary N) is 1. The molecular weight excluding hydrogens is 190 g/mol. The summed E-state index contributed by atoms with van der Waals surface area (Å²) in [6.45, 7) is 3.99. The molecule has 78 valence electrons. The number of guanidine groups is 1. The number of carbonyl (C=O) groups excluding carboxylic acids is 1. The standard InChI is InChI=1S/C11H13N3O/c1-6-3-7(2)5-8(4-6)9-10(15)14-11(12)13-9/h3-5,9H,1-2H3,(H3,12,13,14,15). The molecule has 0 bridgehead atoms. The molecule has 0 saturated carbocycles. The Hall–Kier alpha value is -1.84. The number of aliphatic imine (C=N–C) groups is 1. The summed E-state index contributed by atoms with van der Waals surface area (Å²) in [5.41, 5.74) is 8.59. The molecule has 1 aromatic carbocycles. The van der Waals surface area contributed by atoms with Crippen molar-refractivity contribution in [3.8, 4) is 0 Å². The topological polar surface area (TPSA) is 67.5 Å². The monoisotopic (exact) mass is 203 g/mol. The summed E-state index contributed by atoms with van der Waals surface area (Å²) in [5.74, 6) is 0.0432. The van der Waals surface area contributed by atoms with Gasteiger partial charge in [-0.15, -0.1) is 0 Å². The average Bonchev–Trinajstić information content (AvgIpc) is 2.43. The highest BCUT2D eigenvalue weighted by molar-refractivity contribution is 6.04. The minimum Gasteiger partial charge on any atom is -0.370 e. The first-order valence-corrected chi connectivity index (χ1v) is 4.78. The maximum Gasteiger partial charge on any atom is 0.256 e. The number of aryl methyl sites for hydroxylation is 2. The number of hydrogen-bond donors (Lipinski definition) is 2. The average molecular weight is 203 g/mol. The lowest BCUT2D eigenvalue weighted by Crippen LogP contribution is -2.31. The molecule has 0 saturated heterocycles. The van der Waals surface area contributed by atoms with Crippen LogP contribution in [0.4, 0.5) is 0 Å². The fraction of sp³-hybridized carbons (Fsp3) is 0.273. The SMILES string of the molecule is Cc1cc(C)cc(C2N=C(N)NC2=O)c1. The molecule has 1 aliphatic rings. The van der Waals surface area contributed by atoms with E-state index in [1.165, 1.54) is 0 Å². The molecule has 0 spiro atoms. The zero-order chi connectivity index (χ0) is 11.0. The molecule has 0 radical (unpaired) electrons. The number of carbonyl (C=O) groups is 1. The summed E-state index contributed by atoms with van der Waals surface area (Å²) in [5, 5.41) is 2.49. The Morgan fingerprint density at radius 3 is 2.33 bits per heavy atom. The molecule has 0 fully saturated rings. The Balaban J connectivity index is 2.41. The van der Waals surface area contributed by atoms with Crippen molar-refractivity contribution in [2.45, 2.75) is 19.9 Å². The van der Waals surface area contributed by atoms with E-state index in [-0.39, 0.29) is 11.9 Å². The molecule has 1 heterocycles. The highest BCUT2D eigenvalue weighted by Gasteiger charge is 2.26. The van der Waals surface area contributed by atoms with Gasteiger partial charge in [0.15, 0.2) is 12.0 Å². The van der Waals surface area contributed by atoms with Crippen molar-refractivity contribution in [3.63, 3.8) is 0 Å². The third-order valence-electron chi connectivity index (χ3n) is 2.33. The van der Waals surface area contributed by atoms with E-state index in [1.807, 2.05) is 26.0 Å². The fourth-order valence-electron chi connectivity index (χ4n) is 1.82. The van der Waals surface area contributed by atoms with Gasteiger partial charge in [-0.05, 0) is 19.4 Å². The summed E-state index contributed by atoms with van der Waals surface area (Å²) < 4.78 is 0. The van der Waals surface area contributed by atoms with Crippen LogP contribution in [0.2, 0.25) is 0 Å². The number of hydrogen-bond acceptors (Lipinski definition) is 3. The molecule has 0 aliphatic carbocycles. The van der Waals surface area contributed by atoms with Crippen LogP contribution in [-0.4, -0.2) is 11.9 Å². The van der Waals surface area contributed by atoms with Gasteiger partial charge in [-0.2, -0.15) is 0 Å². The Labute approximate surface area is 88.2 Å². The Kier molecular flexibility index (Phi) is 2.19. The molecule has 1 aliphatic heterocycles. The van der Waals surface area contributed by atoms with Crippen LogP contribution in [0.25, 0.3) is 0 Å². The van der Waals surface area contributed by atoms with E-state index in [2.05, 4.69) is 16.4 Å². The van der Waals surface area contributed by atoms with Gasteiger partial charge in [0.2, 0.25) is 0 Å². The smallest absolute Gasteiger partial charge is 0.256 e. The molecular formula is C11H13N3O. The summed E-state index contributed by atoms with van der Waals surface area (Å²) >= 11 is 0. The number of benzene rings is 1. The van der Waals surface area contributed by atoms with Crippen LogP contribution in [0.1, 0.15) is 22.7 Å². The zero-order valence-corrected chi connectivity index (χ0v) is 8.74. The molecule has 15 heavy (non-hydrogen) atoms. The van der Waals surface area contributed by atoms with Crippen LogP contribution in [0.15, 0.2) is 23.2 Å². The van der Waals surface area contributed by atoms with Crippen LogP contribution in [0.5, 0.6) is 0 Å².